The van der Waals surface area contributed by atoms with Crippen LogP contribution in [0.15, 0.2) is 78.1 Å². The molecule has 0 fully saturated rings. The molecule has 0 aliphatic rings. The number of fused-ring (bicyclic) bond motifs is 1. The van der Waals surface area contributed by atoms with E-state index in [1.165, 1.54) is 11.6 Å². The van der Waals surface area contributed by atoms with Gasteiger partial charge in [0.05, 0.1) is 5.69 Å². The van der Waals surface area contributed by atoms with Crippen LogP contribution in [0.25, 0.3) is 22.3 Å². The van der Waals surface area contributed by atoms with E-state index in [-0.39, 0.29) is 11.5 Å². The van der Waals surface area contributed by atoms with Gasteiger partial charge in [-0.15, -0.1) is 0 Å². The lowest BCUT2D eigenvalue weighted by Crippen LogP contribution is -2.17. The van der Waals surface area contributed by atoms with Crippen LogP contribution in [0.3, 0.4) is 0 Å². The summed E-state index contributed by atoms with van der Waals surface area (Å²) >= 11 is 0. The highest BCUT2D eigenvalue weighted by Gasteiger charge is 2.14. The number of benzene rings is 2. The Morgan fingerprint density at radius 3 is 2.53 bits per heavy atom. The lowest BCUT2D eigenvalue weighted by Gasteiger charge is -2.08. The highest BCUT2D eigenvalue weighted by atomic mass is 16.2. The summed E-state index contributed by atoms with van der Waals surface area (Å²) in [6.07, 6.45) is 0.929. The molecule has 2 aromatic heterocycles. The fraction of sp³-hybridized carbons (Fsp3) is 0.120. The molecule has 0 aliphatic heterocycles. The molecule has 0 saturated carbocycles. The first-order valence-electron chi connectivity index (χ1n) is 9.87. The average molecular weight is 397 g/mol. The van der Waals surface area contributed by atoms with Crippen molar-refractivity contribution in [3.8, 4) is 5.69 Å². The van der Waals surface area contributed by atoms with E-state index >= 15 is 0 Å². The summed E-state index contributed by atoms with van der Waals surface area (Å²) in [7, 11) is 0. The first-order chi connectivity index (χ1) is 14.5. The minimum Gasteiger partial charge on any atom is -0.336 e. The molecule has 5 nitrogen and oxygen atoms in total. The summed E-state index contributed by atoms with van der Waals surface area (Å²) in [6.45, 7) is 7.95. The molecule has 0 radical (unpaired) electrons. The van der Waals surface area contributed by atoms with Gasteiger partial charge in [-0.25, -0.2) is 0 Å². The molecule has 0 bridgehead atoms. The number of carbonyl (C=O) groups excluding carboxylic acids is 1. The van der Waals surface area contributed by atoms with Crippen LogP contribution in [0.4, 0.5) is 5.69 Å². The third kappa shape index (κ3) is 3.70. The number of aryl methyl sites for hydroxylation is 1. The largest absolute Gasteiger partial charge is 0.336 e. The summed E-state index contributed by atoms with van der Waals surface area (Å²) < 4.78 is 1.59. The zero-order chi connectivity index (χ0) is 21.3. The summed E-state index contributed by atoms with van der Waals surface area (Å²) in [5.41, 5.74) is 5.35. The topological polar surface area (TPSA) is 66.9 Å². The minimum absolute atomic E-state index is 0.158. The monoisotopic (exact) mass is 397 g/mol. The molecule has 0 saturated heterocycles. The predicted molar refractivity (Wildman–Crippen MR) is 122 cm³/mol. The number of H-pyrrole nitrogens is 1. The number of aromatic nitrogens is 2. The third-order valence-electron chi connectivity index (χ3n) is 5.14. The highest BCUT2D eigenvalue weighted by Crippen LogP contribution is 2.20. The van der Waals surface area contributed by atoms with Crippen LogP contribution in [0, 0.1) is 0 Å². The molecule has 2 N–H and O–H groups in total. The van der Waals surface area contributed by atoms with Crippen LogP contribution in [0.1, 0.15) is 35.5 Å². The van der Waals surface area contributed by atoms with E-state index in [1.54, 1.807) is 16.7 Å². The maximum atomic E-state index is 12.8. The van der Waals surface area contributed by atoms with Crippen LogP contribution in [0.5, 0.6) is 0 Å². The molecule has 4 rings (SSSR count). The quantitative estimate of drug-likeness (QED) is 0.488. The standard InChI is InChI=1S/C25H23N3O2/c1-4-17-8-11-21(12-9-17)28-23(29)13-10-19-15-22(27-24(19)28)25(30)26-20-7-5-6-18(14-20)16(2)3/h5-15,27H,2,4H2,1,3H3,(H,26,30). The maximum absolute atomic E-state index is 12.8. The van der Waals surface area contributed by atoms with Crippen LogP contribution in [-0.2, 0) is 6.42 Å². The number of hydrogen-bond donors (Lipinski definition) is 2. The van der Waals surface area contributed by atoms with Gasteiger partial charge in [-0.2, -0.15) is 0 Å². The van der Waals surface area contributed by atoms with E-state index < -0.39 is 0 Å². The summed E-state index contributed by atoms with van der Waals surface area (Å²) in [6, 6.07) is 20.4. The number of amides is 1. The van der Waals surface area contributed by atoms with Crippen molar-refractivity contribution in [2.24, 2.45) is 0 Å². The van der Waals surface area contributed by atoms with Gasteiger partial charge in [-0.05, 0) is 60.9 Å². The first kappa shape index (κ1) is 19.5. The van der Waals surface area contributed by atoms with Gasteiger partial charge in [-0.3, -0.25) is 14.2 Å². The van der Waals surface area contributed by atoms with E-state index in [4.69, 9.17) is 0 Å². The molecule has 0 unspecified atom stereocenters. The van der Waals surface area contributed by atoms with E-state index in [2.05, 4.69) is 23.8 Å². The van der Waals surface area contributed by atoms with Crippen molar-refractivity contribution in [1.29, 1.82) is 0 Å². The number of allylic oxidation sites excluding steroid dienone is 1. The van der Waals surface area contributed by atoms with Gasteiger partial charge in [0.15, 0.2) is 0 Å². The molecule has 0 aliphatic carbocycles. The van der Waals surface area contributed by atoms with Gasteiger partial charge in [0, 0.05) is 17.1 Å². The van der Waals surface area contributed by atoms with Crippen molar-refractivity contribution in [2.45, 2.75) is 20.3 Å². The third-order valence-corrected chi connectivity index (χ3v) is 5.14. The number of nitrogens with zero attached hydrogens (tertiary/aromatic N) is 1. The van der Waals surface area contributed by atoms with Crippen molar-refractivity contribution in [2.75, 3.05) is 5.32 Å². The van der Waals surface area contributed by atoms with Crippen molar-refractivity contribution < 1.29 is 4.79 Å². The molecule has 4 aromatic rings. The molecule has 5 heteroatoms. The van der Waals surface area contributed by atoms with E-state index in [0.29, 0.717) is 17.0 Å². The molecular weight excluding hydrogens is 374 g/mol. The molecule has 0 atom stereocenters. The fourth-order valence-corrected chi connectivity index (χ4v) is 3.44. The Morgan fingerprint density at radius 2 is 1.83 bits per heavy atom. The Hall–Kier alpha value is -3.86. The lowest BCUT2D eigenvalue weighted by atomic mass is 10.1. The van der Waals surface area contributed by atoms with Gasteiger partial charge in [0.25, 0.3) is 11.5 Å². The van der Waals surface area contributed by atoms with Crippen LogP contribution in [-0.4, -0.2) is 15.5 Å². The lowest BCUT2D eigenvalue weighted by molar-refractivity contribution is 0.102. The highest BCUT2D eigenvalue weighted by molar-refractivity contribution is 6.05. The van der Waals surface area contributed by atoms with Crippen molar-refractivity contribution in [1.82, 2.24) is 9.55 Å². The molecule has 0 spiro atoms. The Labute approximate surface area is 174 Å². The van der Waals surface area contributed by atoms with Crippen molar-refractivity contribution >= 4 is 28.2 Å². The van der Waals surface area contributed by atoms with E-state index in [1.807, 2.05) is 55.5 Å². The maximum Gasteiger partial charge on any atom is 0.272 e. The number of aromatic amines is 1. The van der Waals surface area contributed by atoms with Crippen molar-refractivity contribution in [3.63, 3.8) is 0 Å². The molecule has 2 heterocycles. The smallest absolute Gasteiger partial charge is 0.272 e. The van der Waals surface area contributed by atoms with E-state index in [9.17, 15) is 9.59 Å². The normalized spacial score (nSPS) is 10.9. The van der Waals surface area contributed by atoms with Crippen LogP contribution >= 0.6 is 0 Å². The summed E-state index contributed by atoms with van der Waals surface area (Å²) in [5, 5.41) is 3.69. The van der Waals surface area contributed by atoms with E-state index in [0.717, 1.165) is 28.6 Å². The number of hydrogen-bond acceptors (Lipinski definition) is 2. The number of pyridine rings is 1. The minimum atomic E-state index is -0.273. The number of rotatable bonds is 5. The summed E-state index contributed by atoms with van der Waals surface area (Å²) in [5.74, 6) is -0.273. The Bertz CT molecular complexity index is 1310. The predicted octanol–water partition coefficient (Wildman–Crippen LogP) is 5.17. The van der Waals surface area contributed by atoms with Gasteiger partial charge in [-0.1, -0.05) is 43.3 Å². The molecule has 2 aromatic carbocycles. The number of anilines is 1. The van der Waals surface area contributed by atoms with Gasteiger partial charge in [0.1, 0.15) is 11.3 Å². The SMILES string of the molecule is C=C(C)c1cccc(NC(=O)c2cc3ccc(=O)n(-c4ccc(CC)cc4)c3[nH]2)c1. The van der Waals surface area contributed by atoms with Crippen LogP contribution in [0.2, 0.25) is 0 Å². The van der Waals surface area contributed by atoms with Crippen molar-refractivity contribution in [3.05, 3.63) is 100 Å². The second-order valence-corrected chi connectivity index (χ2v) is 7.33. The van der Waals surface area contributed by atoms with Gasteiger partial charge < -0.3 is 10.3 Å². The number of carbonyl (C=O) groups is 1. The molecule has 1 amide bonds. The van der Waals surface area contributed by atoms with Crippen LogP contribution < -0.4 is 10.9 Å². The fourth-order valence-electron chi connectivity index (χ4n) is 3.44. The van der Waals surface area contributed by atoms with Gasteiger partial charge >= 0.3 is 0 Å². The second-order valence-electron chi connectivity index (χ2n) is 7.33. The Balaban J connectivity index is 1.71. The Kier molecular flexibility index (Phi) is 5.11. The van der Waals surface area contributed by atoms with Gasteiger partial charge in [0.2, 0.25) is 0 Å². The zero-order valence-electron chi connectivity index (χ0n) is 17.0. The molecule has 150 valence electrons. The average Bonchev–Trinajstić information content (AvgIpc) is 3.18. The molecule has 30 heavy (non-hydrogen) atoms. The first-order valence-corrected chi connectivity index (χ1v) is 9.87. The molecular formula is C25H23N3O2. The second kappa shape index (κ2) is 7.87. The zero-order valence-corrected chi connectivity index (χ0v) is 17.0. The Morgan fingerprint density at radius 1 is 1.07 bits per heavy atom. The summed E-state index contributed by atoms with van der Waals surface area (Å²) in [4.78, 5) is 28.5. The number of nitrogens with one attached hydrogen (secondary N) is 2.